The number of carbonyl (C=O) groups excluding carboxylic acids is 2. The van der Waals surface area contributed by atoms with Crippen molar-refractivity contribution in [2.24, 2.45) is 0 Å². The number of aromatic nitrogens is 1. The van der Waals surface area contributed by atoms with Gasteiger partial charge in [-0.1, -0.05) is 5.16 Å². The van der Waals surface area contributed by atoms with Crippen molar-refractivity contribution in [1.82, 2.24) is 10.5 Å². The molecule has 6 nitrogen and oxygen atoms in total. The van der Waals surface area contributed by atoms with E-state index in [2.05, 4.69) is 10.5 Å². The summed E-state index contributed by atoms with van der Waals surface area (Å²) < 4.78 is 5.02. The van der Waals surface area contributed by atoms with E-state index < -0.39 is 0 Å². The largest absolute Gasteiger partial charge is 0.382 e. The molecule has 0 unspecified atom stereocenters. The molecule has 2 rings (SSSR count). The maximum atomic E-state index is 12.1. The highest BCUT2D eigenvalue weighted by molar-refractivity contribution is 6.25. The summed E-state index contributed by atoms with van der Waals surface area (Å²) in [6.45, 7) is 2.43. The predicted molar refractivity (Wildman–Crippen MR) is 61.3 cm³/mol. The highest BCUT2D eigenvalue weighted by atomic mass is 16.5. The number of likely N-dealkylation sites (N-methyl/N-ethyl adjacent to an activating group) is 1. The van der Waals surface area contributed by atoms with Crippen LogP contribution < -0.4 is 10.2 Å². The highest BCUT2D eigenvalue weighted by Crippen LogP contribution is 2.28. The van der Waals surface area contributed by atoms with Gasteiger partial charge in [-0.25, -0.2) is 0 Å². The minimum atomic E-state index is -0.313. The number of fused-ring (bicyclic) bond motifs is 1. The number of carbonyl (C=O) groups is 2. The third-order valence-corrected chi connectivity index (χ3v) is 2.43. The first-order valence-electron chi connectivity index (χ1n) is 5.27. The minimum absolute atomic E-state index is 0.0837. The maximum Gasteiger partial charge on any atom is 0.238 e. The molecule has 1 aliphatic carbocycles. The standard InChI is InChI=1S/C11H13N3O3/c1-4-12-6-5-7(15)9-8(10(6)16)11(14(2)3)17-13-9/h5,12H,4H2,1-3H3. The molecule has 1 heterocycles. The first kappa shape index (κ1) is 11.4. The highest BCUT2D eigenvalue weighted by Gasteiger charge is 2.33. The molecule has 0 aromatic carbocycles. The van der Waals surface area contributed by atoms with E-state index in [4.69, 9.17) is 4.52 Å². The van der Waals surface area contributed by atoms with Crippen LogP contribution in [0.3, 0.4) is 0 Å². The van der Waals surface area contributed by atoms with Gasteiger partial charge in [-0.2, -0.15) is 0 Å². The second-order valence-corrected chi connectivity index (χ2v) is 3.89. The Morgan fingerprint density at radius 3 is 2.71 bits per heavy atom. The number of ketones is 2. The third-order valence-electron chi connectivity index (χ3n) is 2.43. The van der Waals surface area contributed by atoms with Crippen LogP contribution in [0, 0.1) is 0 Å². The molecule has 6 heteroatoms. The Bertz CT molecular complexity index is 514. The Hall–Kier alpha value is -2.11. The fourth-order valence-electron chi connectivity index (χ4n) is 1.68. The van der Waals surface area contributed by atoms with E-state index >= 15 is 0 Å². The summed E-state index contributed by atoms with van der Waals surface area (Å²) in [5.41, 5.74) is 0.607. The van der Waals surface area contributed by atoms with Gasteiger partial charge in [0, 0.05) is 26.7 Å². The maximum absolute atomic E-state index is 12.1. The first-order valence-corrected chi connectivity index (χ1v) is 5.27. The number of hydrogen-bond acceptors (Lipinski definition) is 6. The third kappa shape index (κ3) is 1.71. The molecule has 1 aliphatic rings. The van der Waals surface area contributed by atoms with E-state index in [-0.39, 0.29) is 28.5 Å². The van der Waals surface area contributed by atoms with Gasteiger partial charge < -0.3 is 14.7 Å². The summed E-state index contributed by atoms with van der Waals surface area (Å²) in [5, 5.41) is 6.51. The van der Waals surface area contributed by atoms with Crippen molar-refractivity contribution in [3.63, 3.8) is 0 Å². The predicted octanol–water partition coefficient (Wildman–Crippen LogP) is 0.613. The van der Waals surface area contributed by atoms with Gasteiger partial charge in [0.25, 0.3) is 0 Å². The number of hydrogen-bond donors (Lipinski definition) is 1. The summed E-state index contributed by atoms with van der Waals surface area (Å²) in [5.74, 6) is -0.263. The molecule has 0 saturated carbocycles. The zero-order valence-electron chi connectivity index (χ0n) is 9.90. The number of rotatable bonds is 3. The molecular weight excluding hydrogens is 222 g/mol. The molecule has 1 aromatic heterocycles. The molecule has 17 heavy (non-hydrogen) atoms. The molecule has 0 amide bonds. The van der Waals surface area contributed by atoms with E-state index in [0.29, 0.717) is 12.4 Å². The van der Waals surface area contributed by atoms with E-state index in [1.165, 1.54) is 6.08 Å². The average molecular weight is 235 g/mol. The van der Waals surface area contributed by atoms with Crippen LogP contribution >= 0.6 is 0 Å². The molecule has 0 aliphatic heterocycles. The summed E-state index contributed by atoms with van der Waals surface area (Å²) in [7, 11) is 3.45. The summed E-state index contributed by atoms with van der Waals surface area (Å²) in [6.07, 6.45) is 1.26. The lowest BCUT2D eigenvalue weighted by Gasteiger charge is -2.14. The fourth-order valence-corrected chi connectivity index (χ4v) is 1.68. The first-order chi connectivity index (χ1) is 8.06. The average Bonchev–Trinajstić information content (AvgIpc) is 2.71. The van der Waals surface area contributed by atoms with Crippen LogP contribution in [0.1, 0.15) is 27.8 Å². The van der Waals surface area contributed by atoms with E-state index in [1.807, 2.05) is 6.92 Å². The Kier molecular flexibility index (Phi) is 2.71. The molecule has 90 valence electrons. The molecule has 0 atom stereocenters. The van der Waals surface area contributed by atoms with Crippen molar-refractivity contribution >= 4 is 17.5 Å². The molecule has 0 spiro atoms. The van der Waals surface area contributed by atoms with Crippen molar-refractivity contribution in [3.8, 4) is 0 Å². The van der Waals surface area contributed by atoms with Gasteiger partial charge in [0.2, 0.25) is 17.5 Å². The van der Waals surface area contributed by atoms with Crippen LogP contribution in [0.15, 0.2) is 16.3 Å². The summed E-state index contributed by atoms with van der Waals surface area (Å²) >= 11 is 0. The molecule has 1 aromatic rings. The Labute approximate surface area is 98.3 Å². The minimum Gasteiger partial charge on any atom is -0.382 e. The van der Waals surface area contributed by atoms with Crippen molar-refractivity contribution < 1.29 is 14.1 Å². The SMILES string of the molecule is CCNC1=CC(=O)c2noc(N(C)C)c2C1=O. The van der Waals surface area contributed by atoms with Gasteiger partial charge in [-0.3, -0.25) is 9.59 Å². The summed E-state index contributed by atoms with van der Waals surface area (Å²) in [6, 6.07) is 0. The van der Waals surface area contributed by atoms with Crippen molar-refractivity contribution in [2.45, 2.75) is 6.92 Å². The Balaban J connectivity index is 2.52. The van der Waals surface area contributed by atoms with Crippen LogP contribution in [-0.2, 0) is 0 Å². The molecule has 0 fully saturated rings. The Morgan fingerprint density at radius 1 is 1.41 bits per heavy atom. The zero-order chi connectivity index (χ0) is 12.6. The van der Waals surface area contributed by atoms with Gasteiger partial charge in [-0.05, 0) is 6.92 Å². The molecular formula is C11H13N3O3. The van der Waals surface area contributed by atoms with Crippen molar-refractivity contribution in [2.75, 3.05) is 25.5 Å². The number of nitrogens with one attached hydrogen (secondary N) is 1. The lowest BCUT2D eigenvalue weighted by molar-refractivity contribution is 0.0976. The monoisotopic (exact) mass is 235 g/mol. The number of anilines is 1. The van der Waals surface area contributed by atoms with Crippen LogP contribution in [-0.4, -0.2) is 37.4 Å². The molecule has 1 N–H and O–H groups in total. The van der Waals surface area contributed by atoms with Gasteiger partial charge >= 0.3 is 0 Å². The number of Topliss-reactive ketones (excluding diaryl/α,β-unsaturated/α-hetero) is 1. The molecule has 0 radical (unpaired) electrons. The second-order valence-electron chi connectivity index (χ2n) is 3.89. The fraction of sp³-hybridized carbons (Fsp3) is 0.364. The van der Waals surface area contributed by atoms with Crippen LogP contribution in [0.4, 0.5) is 5.88 Å². The van der Waals surface area contributed by atoms with Gasteiger partial charge in [0.05, 0.1) is 5.70 Å². The summed E-state index contributed by atoms with van der Waals surface area (Å²) in [4.78, 5) is 25.5. The van der Waals surface area contributed by atoms with Crippen LogP contribution in [0.25, 0.3) is 0 Å². The molecule has 0 bridgehead atoms. The van der Waals surface area contributed by atoms with E-state index in [1.54, 1.807) is 19.0 Å². The van der Waals surface area contributed by atoms with E-state index in [9.17, 15) is 9.59 Å². The topological polar surface area (TPSA) is 75.4 Å². The van der Waals surface area contributed by atoms with Gasteiger partial charge in [-0.15, -0.1) is 0 Å². The van der Waals surface area contributed by atoms with E-state index in [0.717, 1.165) is 0 Å². The Morgan fingerprint density at radius 2 is 2.12 bits per heavy atom. The second kappa shape index (κ2) is 4.04. The lowest BCUT2D eigenvalue weighted by atomic mass is 9.98. The van der Waals surface area contributed by atoms with Crippen LogP contribution in [0.5, 0.6) is 0 Å². The van der Waals surface area contributed by atoms with Crippen molar-refractivity contribution in [3.05, 3.63) is 23.0 Å². The number of allylic oxidation sites excluding steroid dienone is 2. The molecule has 0 saturated heterocycles. The lowest BCUT2D eigenvalue weighted by Crippen LogP contribution is -2.27. The quantitative estimate of drug-likeness (QED) is 0.827. The zero-order valence-corrected chi connectivity index (χ0v) is 9.90. The van der Waals surface area contributed by atoms with Crippen LogP contribution in [0.2, 0.25) is 0 Å². The smallest absolute Gasteiger partial charge is 0.238 e. The van der Waals surface area contributed by atoms with Gasteiger partial charge in [0.1, 0.15) is 5.56 Å². The van der Waals surface area contributed by atoms with Crippen molar-refractivity contribution in [1.29, 1.82) is 0 Å². The number of nitrogens with zero attached hydrogens (tertiary/aromatic N) is 2. The normalized spacial score (nSPS) is 14.4. The van der Waals surface area contributed by atoms with Gasteiger partial charge in [0.15, 0.2) is 5.69 Å².